The molecule has 120 valence electrons. The Morgan fingerprint density at radius 1 is 1.18 bits per heavy atom. The first kappa shape index (κ1) is 16.7. The minimum absolute atomic E-state index is 0.00626. The van der Waals surface area contributed by atoms with Crippen molar-refractivity contribution in [1.82, 2.24) is 19.9 Å². The minimum Gasteiger partial charge on any atom is -0.340 e. The highest BCUT2D eigenvalue weighted by molar-refractivity contribution is 7.99. The summed E-state index contributed by atoms with van der Waals surface area (Å²) in [5, 5.41) is 2.82. The maximum absolute atomic E-state index is 11.9. The van der Waals surface area contributed by atoms with E-state index in [0.717, 1.165) is 12.8 Å². The number of hydrogen-bond donors (Lipinski definition) is 2. The smallest absolute Gasteiger partial charge is 0.225 e. The summed E-state index contributed by atoms with van der Waals surface area (Å²) in [5.74, 6) is 2.95. The van der Waals surface area contributed by atoms with Crippen molar-refractivity contribution in [2.24, 2.45) is 0 Å². The van der Waals surface area contributed by atoms with Crippen LogP contribution in [-0.4, -0.2) is 37.3 Å². The van der Waals surface area contributed by atoms with Crippen molar-refractivity contribution in [3.63, 3.8) is 0 Å². The second kappa shape index (κ2) is 9.40. The lowest BCUT2D eigenvalue weighted by atomic mass is 10.2. The number of imidazole rings is 1. The number of anilines is 1. The van der Waals surface area contributed by atoms with Gasteiger partial charge in [-0.1, -0.05) is 19.8 Å². The number of unbranched alkanes of at least 4 members (excludes halogenated alkanes) is 3. The van der Waals surface area contributed by atoms with Crippen LogP contribution < -0.4 is 5.32 Å². The number of nitrogens with zero attached hydrogens (tertiary/aromatic N) is 3. The van der Waals surface area contributed by atoms with E-state index in [9.17, 15) is 4.79 Å². The van der Waals surface area contributed by atoms with Crippen LogP contribution in [0.2, 0.25) is 0 Å². The van der Waals surface area contributed by atoms with E-state index in [1.54, 1.807) is 6.33 Å². The molecule has 6 nitrogen and oxygen atoms in total. The van der Waals surface area contributed by atoms with Gasteiger partial charge in [0, 0.05) is 6.42 Å². The van der Waals surface area contributed by atoms with Crippen molar-refractivity contribution in [3.05, 3.63) is 12.7 Å². The number of fused-ring (bicyclic) bond motifs is 1. The fourth-order valence-corrected chi connectivity index (χ4v) is 3.17. The van der Waals surface area contributed by atoms with E-state index in [0.29, 0.717) is 23.4 Å². The summed E-state index contributed by atoms with van der Waals surface area (Å²) in [6.07, 6.45) is 9.23. The lowest BCUT2D eigenvalue weighted by Crippen LogP contribution is -2.12. The van der Waals surface area contributed by atoms with Gasteiger partial charge in [-0.15, -0.1) is 0 Å². The standard InChI is InChI=1S/C15H23N5OS/c1-2-3-8-22-9-6-4-5-7-12(21)20-15-13-14(17-10-16-13)18-11-19-15/h10-11H,2-9H2,1H3,(H2,16,17,18,19,20,21). The second-order valence-electron chi connectivity index (χ2n) is 5.15. The van der Waals surface area contributed by atoms with Crippen LogP contribution in [0.4, 0.5) is 5.82 Å². The topological polar surface area (TPSA) is 83.6 Å². The molecule has 0 radical (unpaired) electrons. The van der Waals surface area contributed by atoms with Crippen molar-refractivity contribution in [3.8, 4) is 0 Å². The molecule has 0 bridgehead atoms. The van der Waals surface area contributed by atoms with Crippen LogP contribution in [0.15, 0.2) is 12.7 Å². The third-order valence-electron chi connectivity index (χ3n) is 3.32. The third-order valence-corrected chi connectivity index (χ3v) is 4.47. The van der Waals surface area contributed by atoms with Gasteiger partial charge in [0.2, 0.25) is 5.91 Å². The summed E-state index contributed by atoms with van der Waals surface area (Å²) in [6.45, 7) is 2.22. The summed E-state index contributed by atoms with van der Waals surface area (Å²) in [6, 6.07) is 0. The molecule has 0 fully saturated rings. The highest BCUT2D eigenvalue weighted by Crippen LogP contribution is 2.15. The van der Waals surface area contributed by atoms with E-state index >= 15 is 0 Å². The average Bonchev–Trinajstić information content (AvgIpc) is 2.99. The quantitative estimate of drug-likeness (QED) is 0.655. The molecule has 22 heavy (non-hydrogen) atoms. The van der Waals surface area contributed by atoms with Crippen LogP contribution in [0.25, 0.3) is 11.2 Å². The summed E-state index contributed by atoms with van der Waals surface area (Å²) in [5.41, 5.74) is 1.23. The lowest BCUT2D eigenvalue weighted by molar-refractivity contribution is -0.116. The van der Waals surface area contributed by atoms with Gasteiger partial charge in [-0.2, -0.15) is 11.8 Å². The van der Waals surface area contributed by atoms with E-state index in [2.05, 4.69) is 32.2 Å². The van der Waals surface area contributed by atoms with E-state index in [1.165, 1.54) is 37.1 Å². The normalized spacial score (nSPS) is 11.0. The zero-order chi connectivity index (χ0) is 15.6. The van der Waals surface area contributed by atoms with Crippen LogP contribution >= 0.6 is 11.8 Å². The van der Waals surface area contributed by atoms with Gasteiger partial charge in [0.05, 0.1) is 6.33 Å². The molecule has 2 rings (SSSR count). The molecule has 0 unspecified atom stereocenters. The molecule has 2 aromatic rings. The molecule has 1 amide bonds. The molecular weight excluding hydrogens is 298 g/mol. The monoisotopic (exact) mass is 321 g/mol. The molecule has 0 aliphatic carbocycles. The van der Waals surface area contributed by atoms with E-state index < -0.39 is 0 Å². The van der Waals surface area contributed by atoms with Crippen molar-refractivity contribution >= 4 is 34.7 Å². The van der Waals surface area contributed by atoms with Gasteiger partial charge in [0.25, 0.3) is 0 Å². The SMILES string of the molecule is CCCCSCCCCCC(=O)Nc1ncnc2nc[nH]c12. The van der Waals surface area contributed by atoms with E-state index in [1.807, 2.05) is 11.8 Å². The molecule has 0 aliphatic rings. The Labute approximate surface area is 134 Å². The van der Waals surface area contributed by atoms with Crippen LogP contribution in [0.1, 0.15) is 45.4 Å². The van der Waals surface area contributed by atoms with Gasteiger partial charge in [-0.25, -0.2) is 15.0 Å². The Hall–Kier alpha value is -1.63. The zero-order valence-corrected chi connectivity index (χ0v) is 13.8. The molecule has 0 spiro atoms. The number of rotatable bonds is 10. The van der Waals surface area contributed by atoms with Gasteiger partial charge in [-0.3, -0.25) is 4.79 Å². The Balaban J connectivity index is 1.63. The van der Waals surface area contributed by atoms with Gasteiger partial charge in [0.15, 0.2) is 11.5 Å². The number of carbonyl (C=O) groups excluding carboxylic acids is 1. The van der Waals surface area contributed by atoms with Crippen molar-refractivity contribution in [2.75, 3.05) is 16.8 Å². The van der Waals surface area contributed by atoms with Crippen molar-refractivity contribution < 1.29 is 4.79 Å². The van der Waals surface area contributed by atoms with Crippen molar-refractivity contribution in [2.45, 2.75) is 45.4 Å². The zero-order valence-electron chi connectivity index (χ0n) is 13.0. The van der Waals surface area contributed by atoms with Gasteiger partial charge in [-0.05, 0) is 30.8 Å². The molecule has 2 aromatic heterocycles. The van der Waals surface area contributed by atoms with Crippen molar-refractivity contribution in [1.29, 1.82) is 0 Å². The predicted molar refractivity (Wildman–Crippen MR) is 91.0 cm³/mol. The molecule has 2 heterocycles. The average molecular weight is 321 g/mol. The molecule has 0 aromatic carbocycles. The van der Waals surface area contributed by atoms with Gasteiger partial charge < -0.3 is 10.3 Å². The largest absolute Gasteiger partial charge is 0.340 e. The number of aromatic nitrogens is 4. The number of hydrogen-bond acceptors (Lipinski definition) is 5. The second-order valence-corrected chi connectivity index (χ2v) is 6.37. The Morgan fingerprint density at radius 2 is 2.05 bits per heavy atom. The maximum atomic E-state index is 11.9. The summed E-state index contributed by atoms with van der Waals surface area (Å²) < 4.78 is 0. The number of carbonyl (C=O) groups is 1. The van der Waals surface area contributed by atoms with Crippen LogP contribution in [0.5, 0.6) is 0 Å². The molecule has 0 saturated heterocycles. The molecule has 0 aliphatic heterocycles. The molecule has 2 N–H and O–H groups in total. The maximum Gasteiger partial charge on any atom is 0.225 e. The van der Waals surface area contributed by atoms with Crippen LogP contribution in [-0.2, 0) is 4.79 Å². The Morgan fingerprint density at radius 3 is 2.91 bits per heavy atom. The lowest BCUT2D eigenvalue weighted by Gasteiger charge is -2.05. The first-order chi connectivity index (χ1) is 10.8. The first-order valence-corrected chi connectivity index (χ1v) is 8.98. The van der Waals surface area contributed by atoms with Crippen LogP contribution in [0.3, 0.4) is 0 Å². The van der Waals surface area contributed by atoms with Gasteiger partial charge >= 0.3 is 0 Å². The number of amides is 1. The van der Waals surface area contributed by atoms with E-state index in [-0.39, 0.29) is 5.91 Å². The van der Waals surface area contributed by atoms with Crippen LogP contribution in [0, 0.1) is 0 Å². The third kappa shape index (κ3) is 5.29. The fourth-order valence-electron chi connectivity index (χ4n) is 2.07. The number of H-pyrrole nitrogens is 1. The Bertz CT molecular complexity index is 586. The van der Waals surface area contributed by atoms with Gasteiger partial charge in [0.1, 0.15) is 11.8 Å². The number of aromatic amines is 1. The number of thioether (sulfide) groups is 1. The number of nitrogens with one attached hydrogen (secondary N) is 2. The summed E-state index contributed by atoms with van der Waals surface area (Å²) in [4.78, 5) is 27.0. The van der Waals surface area contributed by atoms with E-state index in [4.69, 9.17) is 0 Å². The highest BCUT2D eigenvalue weighted by atomic mass is 32.2. The fraction of sp³-hybridized carbons (Fsp3) is 0.600. The first-order valence-electron chi connectivity index (χ1n) is 7.83. The minimum atomic E-state index is -0.00626. The molecule has 7 heteroatoms. The predicted octanol–water partition coefficient (Wildman–Crippen LogP) is 3.39. The molecule has 0 saturated carbocycles. The summed E-state index contributed by atoms with van der Waals surface area (Å²) in [7, 11) is 0. The molecular formula is C15H23N5OS. The highest BCUT2D eigenvalue weighted by Gasteiger charge is 2.09. The Kier molecular flexibility index (Phi) is 7.15. The molecule has 0 atom stereocenters. The summed E-state index contributed by atoms with van der Waals surface area (Å²) >= 11 is 2.01.